The smallest absolute Gasteiger partial charge is 0.196 e. The molecule has 0 bridgehead atoms. The number of alkyl halides is 2. The number of epoxide rings is 2. The molecule has 0 N–H and O–H groups in total. The molecule has 2 aliphatic heterocycles. The van der Waals surface area contributed by atoms with Gasteiger partial charge in [-0.1, -0.05) is 83.9 Å². The van der Waals surface area contributed by atoms with Crippen molar-refractivity contribution in [2.75, 3.05) is 13.2 Å². The Labute approximate surface area is 145 Å². The SMILES string of the molecule is ClC1(c2ccccc2)OC1COCC1OC1(Cl)c1ccccc1. The first kappa shape index (κ1) is 15.4. The van der Waals surface area contributed by atoms with E-state index >= 15 is 0 Å². The highest BCUT2D eigenvalue weighted by Crippen LogP contribution is 2.52. The number of hydrogen-bond acceptors (Lipinski definition) is 3. The van der Waals surface area contributed by atoms with Crippen molar-refractivity contribution in [2.24, 2.45) is 0 Å². The summed E-state index contributed by atoms with van der Waals surface area (Å²) in [6.45, 7) is 0.833. The van der Waals surface area contributed by atoms with Crippen LogP contribution in [-0.2, 0) is 24.3 Å². The molecule has 0 aliphatic carbocycles. The lowest BCUT2D eigenvalue weighted by molar-refractivity contribution is 0.102. The molecule has 2 aromatic rings. The fourth-order valence-electron chi connectivity index (χ4n) is 2.75. The Hall–Kier alpha value is -1.10. The van der Waals surface area contributed by atoms with Crippen LogP contribution in [0.5, 0.6) is 0 Å². The highest BCUT2D eigenvalue weighted by Gasteiger charge is 2.59. The Morgan fingerprint density at radius 2 is 1.13 bits per heavy atom. The lowest BCUT2D eigenvalue weighted by atomic mass is 10.1. The van der Waals surface area contributed by atoms with Crippen molar-refractivity contribution in [1.29, 1.82) is 0 Å². The first-order valence-corrected chi connectivity index (χ1v) is 8.31. The van der Waals surface area contributed by atoms with Crippen molar-refractivity contribution in [1.82, 2.24) is 0 Å². The lowest BCUT2D eigenvalue weighted by Gasteiger charge is -2.06. The summed E-state index contributed by atoms with van der Waals surface area (Å²) in [5.41, 5.74) is 1.91. The summed E-state index contributed by atoms with van der Waals surface area (Å²) in [6.07, 6.45) is -0.293. The van der Waals surface area contributed by atoms with Gasteiger partial charge in [0.2, 0.25) is 0 Å². The van der Waals surface area contributed by atoms with Crippen LogP contribution < -0.4 is 0 Å². The van der Waals surface area contributed by atoms with Crippen LogP contribution in [0.3, 0.4) is 0 Å². The molecule has 23 heavy (non-hydrogen) atoms. The lowest BCUT2D eigenvalue weighted by Crippen LogP contribution is -2.15. The molecule has 0 saturated carbocycles. The Morgan fingerprint density at radius 1 is 0.739 bits per heavy atom. The molecule has 0 amide bonds. The van der Waals surface area contributed by atoms with Crippen molar-refractivity contribution >= 4 is 23.2 Å². The Bertz CT molecular complexity index is 622. The van der Waals surface area contributed by atoms with Crippen LogP contribution in [0.2, 0.25) is 0 Å². The zero-order valence-corrected chi connectivity index (χ0v) is 13.8. The van der Waals surface area contributed by atoms with Gasteiger partial charge in [-0.2, -0.15) is 0 Å². The third-order valence-corrected chi connectivity index (χ3v) is 5.32. The second kappa shape index (κ2) is 5.76. The molecule has 0 radical (unpaired) electrons. The van der Waals surface area contributed by atoms with E-state index in [9.17, 15) is 0 Å². The van der Waals surface area contributed by atoms with Gasteiger partial charge in [-0.05, 0) is 0 Å². The number of hydrogen-bond donors (Lipinski definition) is 0. The van der Waals surface area contributed by atoms with E-state index in [1.165, 1.54) is 0 Å². The van der Waals surface area contributed by atoms with Gasteiger partial charge in [0.05, 0.1) is 13.2 Å². The highest BCUT2D eigenvalue weighted by molar-refractivity contribution is 6.25. The van der Waals surface area contributed by atoms with Gasteiger partial charge in [-0.15, -0.1) is 0 Å². The van der Waals surface area contributed by atoms with Gasteiger partial charge in [0.1, 0.15) is 12.2 Å². The summed E-state index contributed by atoms with van der Waals surface area (Å²) in [4.78, 5) is 0. The van der Waals surface area contributed by atoms with Crippen molar-refractivity contribution in [3.63, 3.8) is 0 Å². The molecule has 4 rings (SSSR count). The molecule has 2 heterocycles. The highest BCUT2D eigenvalue weighted by atomic mass is 35.5. The van der Waals surface area contributed by atoms with Crippen LogP contribution >= 0.6 is 23.2 Å². The molecule has 5 heteroatoms. The monoisotopic (exact) mass is 350 g/mol. The van der Waals surface area contributed by atoms with Crippen LogP contribution in [0, 0.1) is 0 Å². The van der Waals surface area contributed by atoms with Gasteiger partial charge in [0, 0.05) is 11.1 Å². The van der Waals surface area contributed by atoms with Crippen molar-refractivity contribution in [3.05, 3.63) is 71.8 Å². The summed E-state index contributed by atoms with van der Waals surface area (Å²) in [7, 11) is 0. The Kier molecular flexibility index (Phi) is 3.87. The first-order chi connectivity index (χ1) is 11.1. The summed E-state index contributed by atoms with van der Waals surface area (Å²) < 4.78 is 16.9. The minimum absolute atomic E-state index is 0.147. The van der Waals surface area contributed by atoms with Crippen molar-refractivity contribution in [2.45, 2.75) is 22.3 Å². The largest absolute Gasteiger partial charge is 0.376 e. The Balaban J connectivity index is 1.27. The maximum absolute atomic E-state index is 6.46. The molecule has 2 aromatic carbocycles. The van der Waals surface area contributed by atoms with Crippen LogP contribution in [0.4, 0.5) is 0 Å². The zero-order valence-electron chi connectivity index (χ0n) is 12.3. The van der Waals surface area contributed by atoms with Gasteiger partial charge < -0.3 is 14.2 Å². The molecule has 120 valence electrons. The minimum Gasteiger partial charge on any atom is -0.376 e. The van der Waals surface area contributed by atoms with Gasteiger partial charge in [0.15, 0.2) is 10.1 Å². The van der Waals surface area contributed by atoms with Crippen LogP contribution in [0.1, 0.15) is 11.1 Å². The van der Waals surface area contributed by atoms with E-state index in [-0.39, 0.29) is 12.2 Å². The van der Waals surface area contributed by atoms with E-state index in [0.717, 1.165) is 11.1 Å². The van der Waals surface area contributed by atoms with Gasteiger partial charge in [-0.3, -0.25) is 0 Å². The summed E-state index contributed by atoms with van der Waals surface area (Å²) in [5, 5.41) is -1.52. The van der Waals surface area contributed by atoms with E-state index < -0.39 is 10.1 Å². The summed E-state index contributed by atoms with van der Waals surface area (Å²) >= 11 is 12.9. The molecule has 0 spiro atoms. The first-order valence-electron chi connectivity index (χ1n) is 7.55. The van der Waals surface area contributed by atoms with E-state index in [4.69, 9.17) is 37.4 Å². The minimum atomic E-state index is -0.761. The van der Waals surface area contributed by atoms with Gasteiger partial charge >= 0.3 is 0 Å². The molecule has 2 aliphatic rings. The van der Waals surface area contributed by atoms with E-state index in [1.54, 1.807) is 0 Å². The summed E-state index contributed by atoms with van der Waals surface area (Å²) in [6, 6.07) is 19.5. The standard InChI is InChI=1S/C18H16Cl2O3/c19-17(13-7-3-1-4-8-13)15(22-17)11-21-12-16-18(20,23-16)14-9-5-2-6-10-14/h1-10,15-16H,11-12H2. The molecule has 3 nitrogen and oxygen atoms in total. The average Bonchev–Trinajstić information content (AvgIpc) is 3.47. The predicted molar refractivity (Wildman–Crippen MR) is 88.5 cm³/mol. The van der Waals surface area contributed by atoms with Crippen LogP contribution in [0.15, 0.2) is 60.7 Å². The van der Waals surface area contributed by atoms with Crippen molar-refractivity contribution < 1.29 is 14.2 Å². The Morgan fingerprint density at radius 3 is 1.52 bits per heavy atom. The molecule has 4 atom stereocenters. The quantitative estimate of drug-likeness (QED) is 0.583. The van der Waals surface area contributed by atoms with E-state index in [1.807, 2.05) is 60.7 Å². The normalized spacial score (nSPS) is 35.0. The maximum atomic E-state index is 6.46. The summed E-state index contributed by atoms with van der Waals surface area (Å²) in [5.74, 6) is 0. The number of ether oxygens (including phenoxy) is 3. The third kappa shape index (κ3) is 2.88. The third-order valence-electron chi connectivity index (χ3n) is 4.21. The van der Waals surface area contributed by atoms with E-state index in [2.05, 4.69) is 0 Å². The van der Waals surface area contributed by atoms with Gasteiger partial charge in [0.25, 0.3) is 0 Å². The van der Waals surface area contributed by atoms with Crippen LogP contribution in [0.25, 0.3) is 0 Å². The van der Waals surface area contributed by atoms with Crippen molar-refractivity contribution in [3.8, 4) is 0 Å². The molecular formula is C18H16Cl2O3. The molecule has 2 saturated heterocycles. The molecule has 2 fully saturated rings. The second-order valence-corrected chi connectivity index (χ2v) is 6.90. The zero-order chi connectivity index (χ0) is 15.9. The second-order valence-electron chi connectivity index (χ2n) is 5.77. The maximum Gasteiger partial charge on any atom is 0.196 e. The average molecular weight is 351 g/mol. The fraction of sp³-hybridized carbons (Fsp3) is 0.333. The molecule has 4 unspecified atom stereocenters. The van der Waals surface area contributed by atoms with Crippen LogP contribution in [-0.4, -0.2) is 25.4 Å². The molecule has 0 aromatic heterocycles. The number of halogens is 2. The fourth-order valence-corrected chi connectivity index (χ4v) is 3.34. The number of benzene rings is 2. The number of rotatable bonds is 6. The van der Waals surface area contributed by atoms with E-state index in [0.29, 0.717) is 13.2 Å². The predicted octanol–water partition coefficient (Wildman–Crippen LogP) is 3.98. The topological polar surface area (TPSA) is 34.3 Å². The van der Waals surface area contributed by atoms with Gasteiger partial charge in [-0.25, -0.2) is 0 Å². The molecular weight excluding hydrogens is 335 g/mol.